The fourth-order valence-electron chi connectivity index (χ4n) is 1.76. The number of aromatic nitrogens is 1. The van der Waals surface area contributed by atoms with E-state index in [2.05, 4.69) is 11.1 Å². The number of methoxy groups -OCH3 is 1. The topological polar surface area (TPSA) is 45.9 Å². The van der Waals surface area contributed by atoms with Crippen molar-refractivity contribution in [3.8, 4) is 23.1 Å². The monoisotopic (exact) mass is 224 g/mol. The third-order valence-corrected chi connectivity index (χ3v) is 2.55. The van der Waals surface area contributed by atoms with Crippen LogP contribution >= 0.6 is 0 Å². The molecule has 0 bridgehead atoms. The Kier molecular flexibility index (Phi) is 3.06. The smallest absolute Gasteiger partial charge is 0.232 e. The van der Waals surface area contributed by atoms with Crippen LogP contribution < -0.4 is 4.74 Å². The van der Waals surface area contributed by atoms with E-state index in [1.165, 1.54) is 7.11 Å². The molecule has 0 fully saturated rings. The maximum Gasteiger partial charge on any atom is 0.232 e. The highest BCUT2D eigenvalue weighted by molar-refractivity contribution is 5.72. The van der Waals surface area contributed by atoms with Crippen molar-refractivity contribution in [2.24, 2.45) is 0 Å². The molecular formula is C14H12N2O. The summed E-state index contributed by atoms with van der Waals surface area (Å²) in [4.78, 5) is 4.03. The van der Waals surface area contributed by atoms with E-state index >= 15 is 0 Å². The van der Waals surface area contributed by atoms with Crippen LogP contribution in [0.4, 0.5) is 0 Å². The molecular weight excluding hydrogens is 212 g/mol. The maximum atomic E-state index is 9.19. The van der Waals surface area contributed by atoms with Gasteiger partial charge >= 0.3 is 0 Å². The average Bonchev–Trinajstić information content (AvgIpc) is 2.37. The number of aryl methyl sites for hydroxylation is 1. The van der Waals surface area contributed by atoms with Gasteiger partial charge in [-0.2, -0.15) is 5.26 Å². The zero-order valence-corrected chi connectivity index (χ0v) is 9.77. The predicted molar refractivity (Wildman–Crippen MR) is 65.7 cm³/mol. The molecule has 0 N–H and O–H groups in total. The van der Waals surface area contributed by atoms with Gasteiger partial charge in [-0.3, -0.25) is 0 Å². The van der Waals surface area contributed by atoms with Crippen LogP contribution in [-0.4, -0.2) is 12.1 Å². The summed E-state index contributed by atoms with van der Waals surface area (Å²) in [6, 6.07) is 12.0. The van der Waals surface area contributed by atoms with E-state index in [1.54, 1.807) is 6.20 Å². The molecule has 0 aliphatic rings. The number of nitrogens with zero attached hydrogens (tertiary/aromatic N) is 2. The van der Waals surface area contributed by atoms with Crippen molar-refractivity contribution in [1.82, 2.24) is 4.98 Å². The second-order valence-electron chi connectivity index (χ2n) is 3.72. The molecule has 1 aromatic heterocycles. The third-order valence-electron chi connectivity index (χ3n) is 2.55. The number of hydrogen-bond acceptors (Lipinski definition) is 3. The van der Waals surface area contributed by atoms with Crippen molar-refractivity contribution in [3.63, 3.8) is 0 Å². The van der Waals surface area contributed by atoms with Gasteiger partial charge in [-0.15, -0.1) is 0 Å². The van der Waals surface area contributed by atoms with Crippen LogP contribution in [-0.2, 0) is 0 Å². The van der Waals surface area contributed by atoms with Crippen molar-refractivity contribution in [2.75, 3.05) is 7.11 Å². The number of hydrogen-bond donors (Lipinski definition) is 0. The van der Waals surface area contributed by atoms with Gasteiger partial charge < -0.3 is 4.74 Å². The summed E-state index contributed by atoms with van der Waals surface area (Å²) >= 11 is 0. The minimum atomic E-state index is 0.367. The summed E-state index contributed by atoms with van der Waals surface area (Å²) in [5.41, 5.74) is 3.48. The normalized spacial score (nSPS) is 9.71. The van der Waals surface area contributed by atoms with E-state index in [0.717, 1.165) is 16.7 Å². The van der Waals surface area contributed by atoms with Gasteiger partial charge in [0.1, 0.15) is 11.6 Å². The minimum absolute atomic E-state index is 0.367. The first-order valence-electron chi connectivity index (χ1n) is 5.26. The average molecular weight is 224 g/mol. The fraction of sp³-hybridized carbons (Fsp3) is 0.143. The SMILES string of the molecule is COc1nccc(-c2cccc(C)c2)c1C#N. The molecule has 2 rings (SSSR count). The molecule has 0 atom stereocenters. The first kappa shape index (κ1) is 11.2. The van der Waals surface area contributed by atoms with Crippen LogP contribution in [0.3, 0.4) is 0 Å². The van der Waals surface area contributed by atoms with E-state index in [1.807, 2.05) is 37.3 Å². The number of ether oxygens (including phenoxy) is 1. The largest absolute Gasteiger partial charge is 0.480 e. The fourth-order valence-corrected chi connectivity index (χ4v) is 1.76. The third kappa shape index (κ3) is 2.11. The van der Waals surface area contributed by atoms with E-state index in [0.29, 0.717) is 11.4 Å². The Morgan fingerprint density at radius 1 is 1.29 bits per heavy atom. The van der Waals surface area contributed by atoms with E-state index in [4.69, 9.17) is 4.74 Å². The van der Waals surface area contributed by atoms with E-state index in [9.17, 15) is 5.26 Å². The molecule has 17 heavy (non-hydrogen) atoms. The molecule has 3 heteroatoms. The minimum Gasteiger partial charge on any atom is -0.480 e. The molecule has 0 aliphatic heterocycles. The Labute approximate surface area is 100 Å². The van der Waals surface area contributed by atoms with Crippen LogP contribution in [0.1, 0.15) is 11.1 Å². The van der Waals surface area contributed by atoms with Gasteiger partial charge in [0, 0.05) is 11.8 Å². The molecule has 1 aromatic carbocycles. The molecule has 84 valence electrons. The summed E-state index contributed by atoms with van der Waals surface area (Å²) in [5, 5.41) is 9.19. The standard InChI is InChI=1S/C14H12N2O/c1-10-4-3-5-11(8-10)12-6-7-16-14(17-2)13(12)9-15/h3-8H,1-2H3. The lowest BCUT2D eigenvalue weighted by Gasteiger charge is -2.07. The first-order chi connectivity index (χ1) is 8.26. The summed E-state index contributed by atoms with van der Waals surface area (Å²) in [7, 11) is 1.52. The Bertz CT molecular complexity index is 585. The van der Waals surface area contributed by atoms with Gasteiger partial charge in [0.25, 0.3) is 0 Å². The van der Waals surface area contributed by atoms with Gasteiger partial charge in [0.2, 0.25) is 5.88 Å². The molecule has 0 spiro atoms. The van der Waals surface area contributed by atoms with Gasteiger partial charge in [0.15, 0.2) is 0 Å². The van der Waals surface area contributed by atoms with Crippen LogP contribution in [0.5, 0.6) is 5.88 Å². The second-order valence-corrected chi connectivity index (χ2v) is 3.72. The molecule has 2 aromatic rings. The van der Waals surface area contributed by atoms with Gasteiger partial charge in [-0.25, -0.2) is 4.98 Å². The summed E-state index contributed by atoms with van der Waals surface area (Å²) in [6.45, 7) is 2.02. The van der Waals surface area contributed by atoms with E-state index < -0.39 is 0 Å². The lowest BCUT2D eigenvalue weighted by molar-refractivity contribution is 0.397. The van der Waals surface area contributed by atoms with Crippen molar-refractivity contribution in [2.45, 2.75) is 6.92 Å². The highest BCUT2D eigenvalue weighted by Crippen LogP contribution is 2.28. The number of pyridine rings is 1. The molecule has 0 saturated heterocycles. The molecule has 0 radical (unpaired) electrons. The van der Waals surface area contributed by atoms with Crippen molar-refractivity contribution in [1.29, 1.82) is 5.26 Å². The second kappa shape index (κ2) is 4.67. The Hall–Kier alpha value is -2.34. The van der Waals surface area contributed by atoms with Crippen LogP contribution in [0, 0.1) is 18.3 Å². The van der Waals surface area contributed by atoms with Gasteiger partial charge in [-0.05, 0) is 18.6 Å². The van der Waals surface area contributed by atoms with Crippen LogP contribution in [0.2, 0.25) is 0 Å². The maximum absolute atomic E-state index is 9.19. The number of rotatable bonds is 2. The highest BCUT2D eigenvalue weighted by atomic mass is 16.5. The summed E-state index contributed by atoms with van der Waals surface area (Å²) < 4.78 is 5.09. The quantitative estimate of drug-likeness (QED) is 0.787. The van der Waals surface area contributed by atoms with E-state index in [-0.39, 0.29) is 0 Å². The Morgan fingerprint density at radius 3 is 2.76 bits per heavy atom. The molecule has 3 nitrogen and oxygen atoms in total. The first-order valence-corrected chi connectivity index (χ1v) is 5.26. The zero-order valence-electron chi connectivity index (χ0n) is 9.77. The molecule has 0 unspecified atom stereocenters. The summed E-state index contributed by atoms with van der Waals surface area (Å²) in [6.07, 6.45) is 1.65. The molecule has 0 amide bonds. The van der Waals surface area contributed by atoms with Crippen molar-refractivity contribution >= 4 is 0 Å². The van der Waals surface area contributed by atoms with Crippen LogP contribution in [0.25, 0.3) is 11.1 Å². The molecule has 1 heterocycles. The highest BCUT2D eigenvalue weighted by Gasteiger charge is 2.11. The number of nitriles is 1. The predicted octanol–water partition coefficient (Wildman–Crippen LogP) is 2.94. The van der Waals surface area contributed by atoms with Crippen molar-refractivity contribution in [3.05, 3.63) is 47.7 Å². The Morgan fingerprint density at radius 2 is 2.12 bits per heavy atom. The van der Waals surface area contributed by atoms with Gasteiger partial charge in [0.05, 0.1) is 7.11 Å². The van der Waals surface area contributed by atoms with Crippen LogP contribution in [0.15, 0.2) is 36.5 Å². The lowest BCUT2D eigenvalue weighted by Crippen LogP contribution is -1.94. The Balaban J connectivity index is 2.64. The zero-order chi connectivity index (χ0) is 12.3. The number of benzene rings is 1. The van der Waals surface area contributed by atoms with Gasteiger partial charge in [-0.1, -0.05) is 29.8 Å². The molecule has 0 aliphatic carbocycles. The summed E-state index contributed by atoms with van der Waals surface area (Å²) in [5.74, 6) is 0.367. The molecule has 0 saturated carbocycles. The lowest BCUT2D eigenvalue weighted by atomic mass is 10.0. The van der Waals surface area contributed by atoms with Crippen molar-refractivity contribution < 1.29 is 4.74 Å².